The Balaban J connectivity index is 0.00000380. The van der Waals surface area contributed by atoms with E-state index in [9.17, 15) is 0 Å². The van der Waals surface area contributed by atoms with E-state index in [2.05, 4.69) is 127 Å². The third kappa shape index (κ3) is 8.43. The van der Waals surface area contributed by atoms with Gasteiger partial charge in [-0.15, -0.1) is 16.7 Å². The first-order valence-corrected chi connectivity index (χ1v) is 15.8. The molecule has 4 aromatic carbocycles. The maximum absolute atomic E-state index is 2.51. The maximum atomic E-state index is 2.51. The summed E-state index contributed by atoms with van der Waals surface area (Å²) in [5, 5.41) is 3.05. The van der Waals surface area contributed by atoms with Gasteiger partial charge in [-0.2, -0.15) is 11.1 Å². The molecule has 0 heterocycles. The second-order valence-corrected chi connectivity index (χ2v) is 13.7. The van der Waals surface area contributed by atoms with Crippen molar-refractivity contribution in [3.63, 3.8) is 0 Å². The molecule has 5 heteroatoms. The fourth-order valence-electron chi connectivity index (χ4n) is 5.62. The van der Waals surface area contributed by atoms with Gasteiger partial charge in [0.2, 0.25) is 0 Å². The van der Waals surface area contributed by atoms with Crippen LogP contribution in [0, 0.1) is 20.8 Å². The van der Waals surface area contributed by atoms with Gasteiger partial charge in [0, 0.05) is 0 Å². The van der Waals surface area contributed by atoms with Crippen molar-refractivity contribution in [3.05, 3.63) is 112 Å². The first-order valence-electron chi connectivity index (χ1n) is 13.9. The largest absolute Gasteiger partial charge is 4.00 e. The molecular weight excluding hydrogens is 603 g/mol. The standard InChI is InChI=1S/C35H43Si.3ClH.Ti/c1-8-24(3)29-20-30(25(4)9-2)22-31(21-29)35-28(7)26(5)27(6)34(35)23-36(32-16-12-10-13-17-32)33-18-14-11-15-19-33;;;;/h10-22,24-25,36H,8-9,23H2,1-7H3;3*1H;/q-1;;;;+4/p-3. The molecule has 0 aliphatic heterocycles. The fourth-order valence-corrected chi connectivity index (χ4v) is 8.77. The molecule has 0 saturated heterocycles. The molecule has 0 spiro atoms. The van der Waals surface area contributed by atoms with Crippen LogP contribution in [0.2, 0.25) is 0 Å². The van der Waals surface area contributed by atoms with E-state index in [1.54, 1.807) is 5.56 Å². The van der Waals surface area contributed by atoms with Crippen LogP contribution in [-0.4, -0.2) is 8.80 Å². The number of hydrogen-bond donors (Lipinski definition) is 0. The van der Waals surface area contributed by atoms with Crippen LogP contribution in [0.5, 0.6) is 0 Å². The first kappa shape index (κ1) is 38.8. The molecular formula is C35H43Cl3SiTi. The Bertz CT molecular complexity index is 1230. The van der Waals surface area contributed by atoms with Crippen molar-refractivity contribution < 1.29 is 58.9 Å². The number of halogens is 3. The minimum absolute atomic E-state index is 0. The van der Waals surface area contributed by atoms with E-state index in [4.69, 9.17) is 0 Å². The third-order valence-corrected chi connectivity index (χ3v) is 11.9. The zero-order chi connectivity index (χ0) is 25.8. The Morgan fingerprint density at radius 3 is 1.48 bits per heavy atom. The molecule has 40 heavy (non-hydrogen) atoms. The molecule has 4 aromatic rings. The molecule has 0 fully saturated rings. The molecule has 0 aliphatic rings. The zero-order valence-corrected chi connectivity index (χ0v) is 30.0. The van der Waals surface area contributed by atoms with Crippen molar-refractivity contribution >= 4 is 19.2 Å². The smallest absolute Gasteiger partial charge is 1.00 e. The van der Waals surface area contributed by atoms with Crippen LogP contribution in [-0.2, 0) is 27.8 Å². The Morgan fingerprint density at radius 2 is 1.07 bits per heavy atom. The molecule has 0 amide bonds. The van der Waals surface area contributed by atoms with Crippen molar-refractivity contribution in [1.29, 1.82) is 0 Å². The first-order chi connectivity index (χ1) is 17.3. The van der Waals surface area contributed by atoms with Crippen molar-refractivity contribution in [2.75, 3.05) is 0 Å². The average molecular weight is 646 g/mol. The monoisotopic (exact) mass is 644 g/mol. The van der Waals surface area contributed by atoms with Gasteiger partial charge in [-0.3, -0.25) is 0 Å². The summed E-state index contributed by atoms with van der Waals surface area (Å²) in [6, 6.07) is 31.2. The van der Waals surface area contributed by atoms with Crippen LogP contribution in [0.25, 0.3) is 11.1 Å². The summed E-state index contributed by atoms with van der Waals surface area (Å²) >= 11 is 0. The summed E-state index contributed by atoms with van der Waals surface area (Å²) < 4.78 is 0. The van der Waals surface area contributed by atoms with Crippen LogP contribution in [0.4, 0.5) is 0 Å². The van der Waals surface area contributed by atoms with Crippen LogP contribution >= 0.6 is 0 Å². The molecule has 0 nitrogen and oxygen atoms in total. The molecule has 212 valence electrons. The van der Waals surface area contributed by atoms with E-state index in [1.165, 1.54) is 62.2 Å². The molecule has 4 rings (SSSR count). The Morgan fingerprint density at radius 1 is 0.650 bits per heavy atom. The summed E-state index contributed by atoms with van der Waals surface area (Å²) in [7, 11) is -1.44. The summed E-state index contributed by atoms with van der Waals surface area (Å²) in [4.78, 5) is 0. The number of rotatable bonds is 9. The predicted molar refractivity (Wildman–Crippen MR) is 162 cm³/mol. The molecule has 0 aliphatic carbocycles. The Kier molecular flexibility index (Phi) is 17.2. The predicted octanol–water partition coefficient (Wildman–Crippen LogP) is -0.843. The minimum Gasteiger partial charge on any atom is -1.00 e. The van der Waals surface area contributed by atoms with E-state index in [0.29, 0.717) is 11.8 Å². The topological polar surface area (TPSA) is 0 Å². The molecule has 0 aromatic heterocycles. The van der Waals surface area contributed by atoms with Gasteiger partial charge in [0.05, 0.1) is 8.80 Å². The SMILES string of the molecule is CCC(C)c1cc(-c2c(C)c(C)c(C)[c-]2C[SiH](c2ccccc2)c2ccccc2)cc(C(C)CC)c1.[Cl-].[Cl-].[Cl-].[Ti+4]. The van der Waals surface area contributed by atoms with Crippen molar-refractivity contribution in [1.82, 2.24) is 0 Å². The van der Waals surface area contributed by atoms with Crippen molar-refractivity contribution in [2.24, 2.45) is 0 Å². The van der Waals surface area contributed by atoms with Gasteiger partial charge in [-0.25, -0.2) is 0 Å². The van der Waals surface area contributed by atoms with Crippen LogP contribution in [0.15, 0.2) is 78.9 Å². The van der Waals surface area contributed by atoms with E-state index < -0.39 is 8.80 Å². The molecule has 0 bridgehead atoms. The van der Waals surface area contributed by atoms with Gasteiger partial charge >= 0.3 is 21.7 Å². The van der Waals surface area contributed by atoms with E-state index in [0.717, 1.165) is 6.04 Å². The summed E-state index contributed by atoms with van der Waals surface area (Å²) in [6.07, 6.45) is 2.34. The second-order valence-electron chi connectivity index (χ2n) is 10.8. The van der Waals surface area contributed by atoms with Gasteiger partial charge in [-0.1, -0.05) is 160 Å². The Hall–Kier alpha value is -1.19. The molecule has 0 saturated carbocycles. The van der Waals surface area contributed by atoms with Crippen molar-refractivity contribution in [3.8, 4) is 11.1 Å². The zero-order valence-electron chi connectivity index (χ0n) is 25.0. The fraction of sp³-hybridized carbons (Fsp3) is 0.343. The number of hydrogen-bond acceptors (Lipinski definition) is 0. The molecule has 2 unspecified atom stereocenters. The van der Waals surface area contributed by atoms with Gasteiger partial charge < -0.3 is 37.2 Å². The van der Waals surface area contributed by atoms with E-state index in [1.807, 2.05) is 0 Å². The molecule has 0 radical (unpaired) electrons. The average Bonchev–Trinajstić information content (AvgIpc) is 3.14. The maximum Gasteiger partial charge on any atom is 4.00 e. The Labute approximate surface area is 278 Å². The minimum atomic E-state index is -1.44. The quantitative estimate of drug-likeness (QED) is 0.165. The van der Waals surface area contributed by atoms with Gasteiger partial charge in [0.1, 0.15) is 0 Å². The second kappa shape index (κ2) is 17.7. The summed E-state index contributed by atoms with van der Waals surface area (Å²) in [5.41, 5.74) is 11.9. The van der Waals surface area contributed by atoms with Crippen molar-refractivity contribution in [2.45, 2.75) is 79.2 Å². The van der Waals surface area contributed by atoms with Crippen LogP contribution in [0.3, 0.4) is 0 Å². The van der Waals surface area contributed by atoms with Gasteiger partial charge in [-0.05, 0) is 24.7 Å². The van der Waals surface area contributed by atoms with Gasteiger partial charge in [0.15, 0.2) is 0 Å². The van der Waals surface area contributed by atoms with E-state index >= 15 is 0 Å². The number of benzene rings is 3. The molecule has 2 atom stereocenters. The summed E-state index contributed by atoms with van der Waals surface area (Å²) in [5.74, 6) is 1.15. The normalized spacial score (nSPS) is 11.9. The third-order valence-electron chi connectivity index (χ3n) is 8.70. The molecule has 0 N–H and O–H groups in total. The summed E-state index contributed by atoms with van der Waals surface area (Å²) in [6.45, 7) is 16.4. The van der Waals surface area contributed by atoms with Crippen LogP contribution < -0.4 is 47.6 Å². The van der Waals surface area contributed by atoms with E-state index in [-0.39, 0.29) is 58.9 Å². The van der Waals surface area contributed by atoms with Crippen LogP contribution in [0.1, 0.15) is 85.8 Å². The van der Waals surface area contributed by atoms with Gasteiger partial charge in [0.25, 0.3) is 0 Å².